The number of methoxy groups -OCH3 is 1. The number of hydrogen-bond donors (Lipinski definition) is 3. The molecule has 2 atom stereocenters. The van der Waals surface area contributed by atoms with E-state index >= 15 is 0 Å². The van der Waals surface area contributed by atoms with E-state index in [0.717, 1.165) is 5.56 Å². The molecule has 1 aliphatic heterocycles. The van der Waals surface area contributed by atoms with Gasteiger partial charge >= 0.3 is 0 Å². The van der Waals surface area contributed by atoms with Gasteiger partial charge in [0.1, 0.15) is 11.8 Å². The van der Waals surface area contributed by atoms with E-state index in [4.69, 9.17) is 4.74 Å². The maximum Gasteiger partial charge on any atom is 0.251 e. The lowest BCUT2D eigenvalue weighted by Gasteiger charge is -2.21. The maximum atomic E-state index is 13.2. The Balaban J connectivity index is 1.85. The van der Waals surface area contributed by atoms with Crippen LogP contribution in [0.15, 0.2) is 42.5 Å². The first-order valence-electron chi connectivity index (χ1n) is 10.4. The van der Waals surface area contributed by atoms with Crippen LogP contribution in [0.4, 0.5) is 5.69 Å². The number of ether oxygens (including phenoxy) is 1. The number of nitriles is 1. The second kappa shape index (κ2) is 9.96. The van der Waals surface area contributed by atoms with Gasteiger partial charge in [-0.2, -0.15) is 5.26 Å². The van der Waals surface area contributed by atoms with E-state index in [1.807, 2.05) is 19.9 Å². The third-order valence-electron chi connectivity index (χ3n) is 5.41. The van der Waals surface area contributed by atoms with Crippen LogP contribution in [0, 0.1) is 17.2 Å². The lowest BCUT2D eigenvalue weighted by Crippen LogP contribution is -2.40. The molecule has 2 aromatic carbocycles. The van der Waals surface area contributed by atoms with Crippen LogP contribution in [0.3, 0.4) is 0 Å². The molecule has 0 aliphatic carbocycles. The molecule has 2 aromatic rings. The summed E-state index contributed by atoms with van der Waals surface area (Å²) in [5.74, 6) is -0.776. The number of nitrogens with one attached hydrogen (secondary N) is 3. The maximum absolute atomic E-state index is 13.2. The Kier molecular flexibility index (Phi) is 7.11. The molecule has 166 valence electrons. The number of carbonyl (C=O) groups excluding carboxylic acids is 3. The van der Waals surface area contributed by atoms with Gasteiger partial charge in [0, 0.05) is 18.7 Å². The van der Waals surface area contributed by atoms with Crippen LogP contribution >= 0.6 is 0 Å². The first-order valence-corrected chi connectivity index (χ1v) is 10.4. The summed E-state index contributed by atoms with van der Waals surface area (Å²) in [6, 6.07) is 13.2. The van der Waals surface area contributed by atoms with Crippen molar-refractivity contribution in [1.82, 2.24) is 10.6 Å². The van der Waals surface area contributed by atoms with E-state index in [-0.39, 0.29) is 30.7 Å². The average molecular weight is 434 g/mol. The van der Waals surface area contributed by atoms with Crippen LogP contribution in [-0.4, -0.2) is 31.4 Å². The van der Waals surface area contributed by atoms with E-state index in [9.17, 15) is 19.6 Å². The Morgan fingerprint density at radius 3 is 2.47 bits per heavy atom. The monoisotopic (exact) mass is 434 g/mol. The lowest BCUT2D eigenvalue weighted by molar-refractivity contribution is -0.129. The molecule has 32 heavy (non-hydrogen) atoms. The van der Waals surface area contributed by atoms with Crippen molar-refractivity contribution in [3.8, 4) is 11.8 Å². The molecule has 3 rings (SSSR count). The zero-order valence-corrected chi connectivity index (χ0v) is 18.3. The molecule has 3 amide bonds. The van der Waals surface area contributed by atoms with Crippen LogP contribution in [0.25, 0.3) is 0 Å². The number of rotatable bonds is 7. The van der Waals surface area contributed by atoms with Crippen LogP contribution in [0.1, 0.15) is 48.9 Å². The molecule has 1 fully saturated rings. The van der Waals surface area contributed by atoms with Gasteiger partial charge in [0.25, 0.3) is 5.91 Å². The first-order chi connectivity index (χ1) is 15.3. The van der Waals surface area contributed by atoms with Crippen LogP contribution in [0.5, 0.6) is 5.75 Å². The Bertz CT molecular complexity index is 1060. The molecule has 2 unspecified atom stereocenters. The number of carbonyl (C=O) groups is 3. The van der Waals surface area contributed by atoms with Crippen molar-refractivity contribution in [1.29, 1.82) is 5.26 Å². The van der Waals surface area contributed by atoms with Gasteiger partial charge < -0.3 is 20.7 Å². The molecule has 0 saturated carbocycles. The highest BCUT2D eigenvalue weighted by Crippen LogP contribution is 2.25. The highest BCUT2D eigenvalue weighted by molar-refractivity contribution is 5.99. The molecular weight excluding hydrogens is 408 g/mol. The Morgan fingerprint density at radius 2 is 1.91 bits per heavy atom. The molecule has 1 saturated heterocycles. The van der Waals surface area contributed by atoms with Crippen molar-refractivity contribution in [2.45, 2.75) is 32.2 Å². The molecular formula is C24H26N4O4. The molecule has 3 N–H and O–H groups in total. The fourth-order valence-electron chi connectivity index (χ4n) is 3.60. The summed E-state index contributed by atoms with van der Waals surface area (Å²) >= 11 is 0. The largest absolute Gasteiger partial charge is 0.497 e. The molecule has 0 aromatic heterocycles. The zero-order valence-electron chi connectivity index (χ0n) is 18.3. The average Bonchev–Trinajstić information content (AvgIpc) is 3.23. The number of anilines is 1. The van der Waals surface area contributed by atoms with E-state index in [1.165, 1.54) is 0 Å². The fraction of sp³-hybridized carbons (Fsp3) is 0.333. The second-order valence-corrected chi connectivity index (χ2v) is 7.98. The zero-order chi connectivity index (χ0) is 23.3. The first kappa shape index (κ1) is 22.8. The van der Waals surface area contributed by atoms with Crippen LogP contribution < -0.4 is 20.7 Å². The Labute approximate surface area is 187 Å². The minimum absolute atomic E-state index is 0.0883. The summed E-state index contributed by atoms with van der Waals surface area (Å²) in [6.07, 6.45) is 0.0883. The summed E-state index contributed by atoms with van der Waals surface area (Å²) in [5, 5.41) is 17.6. The minimum Gasteiger partial charge on any atom is -0.497 e. The van der Waals surface area contributed by atoms with Crippen molar-refractivity contribution in [2.75, 3.05) is 19.0 Å². The third kappa shape index (κ3) is 5.24. The fourth-order valence-corrected chi connectivity index (χ4v) is 3.60. The highest BCUT2D eigenvalue weighted by Gasteiger charge is 2.31. The van der Waals surface area contributed by atoms with E-state index in [0.29, 0.717) is 22.6 Å². The molecule has 0 radical (unpaired) electrons. The van der Waals surface area contributed by atoms with Gasteiger partial charge in [0.05, 0.1) is 24.7 Å². The quantitative estimate of drug-likeness (QED) is 0.619. The summed E-state index contributed by atoms with van der Waals surface area (Å²) in [5.41, 5.74) is 2.40. The molecule has 8 heteroatoms. The summed E-state index contributed by atoms with van der Waals surface area (Å²) < 4.78 is 5.17. The second-order valence-electron chi connectivity index (χ2n) is 7.98. The molecule has 1 heterocycles. The number of hydrogen-bond acceptors (Lipinski definition) is 5. The van der Waals surface area contributed by atoms with Gasteiger partial charge in [-0.25, -0.2) is 0 Å². The number of nitrogens with zero attached hydrogens (tertiary/aromatic N) is 1. The van der Waals surface area contributed by atoms with Crippen molar-refractivity contribution < 1.29 is 19.1 Å². The Hall–Kier alpha value is -3.86. The molecule has 1 aliphatic rings. The molecule has 8 nitrogen and oxygen atoms in total. The van der Waals surface area contributed by atoms with Crippen molar-refractivity contribution in [3.05, 3.63) is 59.2 Å². The highest BCUT2D eigenvalue weighted by atomic mass is 16.5. The van der Waals surface area contributed by atoms with Gasteiger partial charge in [0.15, 0.2) is 0 Å². The van der Waals surface area contributed by atoms with Crippen molar-refractivity contribution in [3.63, 3.8) is 0 Å². The lowest BCUT2D eigenvalue weighted by atomic mass is 9.97. The van der Waals surface area contributed by atoms with E-state index in [2.05, 4.69) is 22.0 Å². The standard InChI is InChI=1S/C24H26N4O4/c1-14(2)20-9-6-18(10-16(20)12-25)27-24(31)22(15-4-7-19(32-3)8-5-15)28-23(30)17-11-21(29)26-13-17/h4-10,14,17,22H,11,13H2,1-3H3,(H,26,29)(H,27,31)(H,28,30). The Morgan fingerprint density at radius 1 is 1.19 bits per heavy atom. The molecule has 0 bridgehead atoms. The van der Waals surface area contributed by atoms with Gasteiger partial charge in [-0.05, 0) is 41.3 Å². The normalized spacial score (nSPS) is 16.1. The predicted octanol–water partition coefficient (Wildman–Crippen LogP) is 2.62. The van der Waals surface area contributed by atoms with Crippen molar-refractivity contribution >= 4 is 23.4 Å². The van der Waals surface area contributed by atoms with Gasteiger partial charge in [-0.3, -0.25) is 14.4 Å². The summed E-state index contributed by atoms with van der Waals surface area (Å²) in [4.78, 5) is 37.4. The topological polar surface area (TPSA) is 120 Å². The third-order valence-corrected chi connectivity index (χ3v) is 5.41. The van der Waals surface area contributed by atoms with Gasteiger partial charge in [-0.1, -0.05) is 32.0 Å². The van der Waals surface area contributed by atoms with Crippen LogP contribution in [0.2, 0.25) is 0 Å². The van der Waals surface area contributed by atoms with Crippen molar-refractivity contribution in [2.24, 2.45) is 5.92 Å². The minimum atomic E-state index is -0.987. The smallest absolute Gasteiger partial charge is 0.251 e. The summed E-state index contributed by atoms with van der Waals surface area (Å²) in [6.45, 7) is 4.22. The van der Waals surface area contributed by atoms with E-state index < -0.39 is 17.9 Å². The van der Waals surface area contributed by atoms with Gasteiger partial charge in [-0.15, -0.1) is 0 Å². The number of amides is 3. The van der Waals surface area contributed by atoms with E-state index in [1.54, 1.807) is 43.5 Å². The molecule has 0 spiro atoms. The van der Waals surface area contributed by atoms with Gasteiger partial charge in [0.2, 0.25) is 11.8 Å². The van der Waals surface area contributed by atoms with Crippen LogP contribution in [-0.2, 0) is 14.4 Å². The predicted molar refractivity (Wildman–Crippen MR) is 119 cm³/mol. The SMILES string of the molecule is COc1ccc(C(NC(=O)C2CNC(=O)C2)C(=O)Nc2ccc(C(C)C)c(C#N)c2)cc1. The summed E-state index contributed by atoms with van der Waals surface area (Å²) in [7, 11) is 1.54. The number of benzene rings is 2.